The first-order valence-electron chi connectivity index (χ1n) is 8.03. The van der Waals surface area contributed by atoms with Gasteiger partial charge in [-0.25, -0.2) is 0 Å². The second-order valence-corrected chi connectivity index (χ2v) is 6.18. The van der Waals surface area contributed by atoms with E-state index in [9.17, 15) is 0 Å². The smallest absolute Gasteiger partial charge is 0.191 e. The van der Waals surface area contributed by atoms with Crippen LogP contribution in [0.1, 0.15) is 26.2 Å². The van der Waals surface area contributed by atoms with Crippen LogP contribution in [0.2, 0.25) is 0 Å². The van der Waals surface area contributed by atoms with Crippen molar-refractivity contribution in [3.63, 3.8) is 0 Å². The van der Waals surface area contributed by atoms with E-state index < -0.39 is 0 Å². The minimum atomic E-state index is 0.605. The first kappa shape index (κ1) is 18.6. The van der Waals surface area contributed by atoms with E-state index in [-0.39, 0.29) is 0 Å². The molecule has 0 radical (unpaired) electrons. The first-order chi connectivity index (χ1) is 10.4. The highest BCUT2D eigenvalue weighted by Gasteiger charge is 2.15. The van der Waals surface area contributed by atoms with Crippen LogP contribution in [0.25, 0.3) is 0 Å². The molecule has 1 saturated heterocycles. The lowest BCUT2D eigenvalue weighted by atomic mass is 10.1. The molecule has 1 rings (SSSR count). The lowest BCUT2D eigenvalue weighted by molar-refractivity contribution is 0.0888. The van der Waals surface area contributed by atoms with Gasteiger partial charge in [-0.2, -0.15) is 11.8 Å². The Bertz CT molecular complexity index is 272. The molecule has 0 saturated carbocycles. The highest BCUT2D eigenvalue weighted by atomic mass is 32.2. The number of nitrogens with zero attached hydrogens (tertiary/aromatic N) is 1. The summed E-state index contributed by atoms with van der Waals surface area (Å²) in [7, 11) is 0. The average Bonchev–Trinajstić information content (AvgIpc) is 3.00. The normalized spacial score (nSPS) is 19.0. The average molecular weight is 317 g/mol. The summed E-state index contributed by atoms with van der Waals surface area (Å²) in [4.78, 5) is 4.56. The zero-order valence-corrected chi connectivity index (χ0v) is 14.3. The van der Waals surface area contributed by atoms with E-state index in [1.165, 1.54) is 5.75 Å². The van der Waals surface area contributed by atoms with Gasteiger partial charge in [0.2, 0.25) is 0 Å². The summed E-state index contributed by atoms with van der Waals surface area (Å²) in [5.74, 6) is 2.69. The highest BCUT2D eigenvalue weighted by Crippen LogP contribution is 2.12. The maximum Gasteiger partial charge on any atom is 0.191 e. The molecule has 0 bridgehead atoms. The number of ether oxygens (including phenoxy) is 2. The number of thioether (sulfide) groups is 1. The third-order valence-electron chi connectivity index (χ3n) is 3.26. The van der Waals surface area contributed by atoms with Crippen molar-refractivity contribution in [2.24, 2.45) is 10.9 Å². The lowest BCUT2D eigenvalue weighted by Gasteiger charge is -2.12. The molecule has 124 valence electrons. The fourth-order valence-electron chi connectivity index (χ4n) is 2.09. The molecule has 0 aromatic carbocycles. The van der Waals surface area contributed by atoms with Crippen molar-refractivity contribution in [3.05, 3.63) is 0 Å². The van der Waals surface area contributed by atoms with Gasteiger partial charge in [-0.05, 0) is 38.2 Å². The molecular weight excluding hydrogens is 286 g/mol. The van der Waals surface area contributed by atoms with Gasteiger partial charge < -0.3 is 20.1 Å². The number of hydrogen-bond donors (Lipinski definition) is 2. The Labute approximate surface area is 133 Å². The molecule has 6 heteroatoms. The van der Waals surface area contributed by atoms with Crippen LogP contribution in [0.15, 0.2) is 4.99 Å². The minimum absolute atomic E-state index is 0.605. The number of guanidine groups is 1. The maximum atomic E-state index is 5.69. The molecule has 21 heavy (non-hydrogen) atoms. The van der Waals surface area contributed by atoms with Crippen molar-refractivity contribution in [3.8, 4) is 0 Å². The molecule has 0 spiro atoms. The van der Waals surface area contributed by atoms with Crippen LogP contribution in [0.5, 0.6) is 0 Å². The van der Waals surface area contributed by atoms with Crippen LogP contribution in [-0.2, 0) is 9.47 Å². The van der Waals surface area contributed by atoms with Crippen LogP contribution >= 0.6 is 11.8 Å². The van der Waals surface area contributed by atoms with E-state index in [2.05, 4.69) is 28.8 Å². The summed E-state index contributed by atoms with van der Waals surface area (Å²) in [6, 6.07) is 0. The van der Waals surface area contributed by atoms with Crippen LogP contribution in [0, 0.1) is 5.92 Å². The van der Waals surface area contributed by atoms with Gasteiger partial charge >= 0.3 is 0 Å². The molecule has 1 aliphatic heterocycles. The van der Waals surface area contributed by atoms with E-state index >= 15 is 0 Å². The van der Waals surface area contributed by atoms with Gasteiger partial charge in [0.05, 0.1) is 13.2 Å². The van der Waals surface area contributed by atoms with Gasteiger partial charge in [0.1, 0.15) is 0 Å². The minimum Gasteiger partial charge on any atom is -0.381 e. The molecule has 0 aromatic rings. The van der Waals surface area contributed by atoms with Crippen molar-refractivity contribution in [2.45, 2.75) is 26.2 Å². The lowest BCUT2D eigenvalue weighted by Crippen LogP contribution is -2.38. The Balaban J connectivity index is 2.00. The molecule has 0 aromatic heterocycles. The first-order valence-corrected chi connectivity index (χ1v) is 9.42. The predicted molar refractivity (Wildman–Crippen MR) is 91.3 cm³/mol. The molecule has 5 nitrogen and oxygen atoms in total. The summed E-state index contributed by atoms with van der Waals surface area (Å²) in [6.45, 7) is 8.17. The van der Waals surface area contributed by atoms with Gasteiger partial charge in [0.15, 0.2) is 5.96 Å². The van der Waals surface area contributed by atoms with Crippen molar-refractivity contribution in [1.82, 2.24) is 10.6 Å². The number of nitrogens with one attached hydrogen (secondary N) is 2. The van der Waals surface area contributed by atoms with Crippen LogP contribution in [0.3, 0.4) is 0 Å². The molecule has 2 N–H and O–H groups in total. The molecule has 1 heterocycles. The third kappa shape index (κ3) is 9.98. The van der Waals surface area contributed by atoms with Crippen molar-refractivity contribution < 1.29 is 9.47 Å². The second kappa shape index (κ2) is 13.2. The summed E-state index contributed by atoms with van der Waals surface area (Å²) in [6.07, 6.45) is 5.41. The number of rotatable bonds is 11. The Hall–Kier alpha value is -0.460. The van der Waals surface area contributed by atoms with Crippen LogP contribution in [0.4, 0.5) is 0 Å². The monoisotopic (exact) mass is 317 g/mol. The summed E-state index contributed by atoms with van der Waals surface area (Å²) < 4.78 is 11.0. The molecule has 0 amide bonds. The van der Waals surface area contributed by atoms with Crippen LogP contribution in [-0.4, -0.2) is 64.0 Å². The molecule has 1 fully saturated rings. The van der Waals surface area contributed by atoms with Crippen molar-refractivity contribution >= 4 is 17.7 Å². The van der Waals surface area contributed by atoms with Crippen molar-refractivity contribution in [1.29, 1.82) is 0 Å². The van der Waals surface area contributed by atoms with Crippen LogP contribution < -0.4 is 10.6 Å². The van der Waals surface area contributed by atoms with E-state index in [0.717, 1.165) is 71.3 Å². The summed E-state index contributed by atoms with van der Waals surface area (Å²) >= 11 is 1.87. The van der Waals surface area contributed by atoms with Gasteiger partial charge in [0, 0.05) is 38.8 Å². The highest BCUT2D eigenvalue weighted by molar-refractivity contribution is 7.98. The van der Waals surface area contributed by atoms with E-state index in [4.69, 9.17) is 9.47 Å². The quantitative estimate of drug-likeness (QED) is 0.345. The Kier molecular flexibility index (Phi) is 11.7. The maximum absolute atomic E-state index is 5.69. The Morgan fingerprint density at radius 1 is 1.38 bits per heavy atom. The van der Waals surface area contributed by atoms with E-state index in [0.29, 0.717) is 5.92 Å². The molecule has 1 aliphatic rings. The zero-order chi connectivity index (χ0) is 15.2. The number of hydrogen-bond acceptors (Lipinski definition) is 4. The van der Waals surface area contributed by atoms with Gasteiger partial charge in [-0.3, -0.25) is 4.99 Å². The van der Waals surface area contributed by atoms with E-state index in [1.807, 2.05) is 11.8 Å². The van der Waals surface area contributed by atoms with Gasteiger partial charge in [-0.1, -0.05) is 0 Å². The van der Waals surface area contributed by atoms with Gasteiger partial charge in [0.25, 0.3) is 0 Å². The SMILES string of the molecule is CCNC(=NCCCSC)NCCCOCC1CCOC1. The number of aliphatic imine (C=N–C) groups is 1. The fourth-order valence-corrected chi connectivity index (χ4v) is 2.51. The third-order valence-corrected chi connectivity index (χ3v) is 3.95. The topological polar surface area (TPSA) is 54.9 Å². The standard InChI is InChI=1S/C15H31N3O2S/c1-3-16-15(18-8-5-11-21-2)17-7-4-9-19-12-14-6-10-20-13-14/h14H,3-13H2,1-2H3,(H2,16,17,18). The molecule has 1 atom stereocenters. The Morgan fingerprint density at radius 3 is 3.00 bits per heavy atom. The largest absolute Gasteiger partial charge is 0.381 e. The van der Waals surface area contributed by atoms with Crippen molar-refractivity contribution in [2.75, 3.05) is 58.1 Å². The second-order valence-electron chi connectivity index (χ2n) is 5.19. The predicted octanol–water partition coefficient (Wildman–Crippen LogP) is 1.74. The molecular formula is C15H31N3O2S. The molecule has 1 unspecified atom stereocenters. The summed E-state index contributed by atoms with van der Waals surface area (Å²) in [5.41, 5.74) is 0. The van der Waals surface area contributed by atoms with Gasteiger partial charge in [-0.15, -0.1) is 0 Å². The molecule has 0 aliphatic carbocycles. The Morgan fingerprint density at radius 2 is 2.29 bits per heavy atom. The summed E-state index contributed by atoms with van der Waals surface area (Å²) in [5, 5.41) is 6.62. The fraction of sp³-hybridized carbons (Fsp3) is 0.933. The zero-order valence-electron chi connectivity index (χ0n) is 13.5. The van der Waals surface area contributed by atoms with E-state index in [1.54, 1.807) is 0 Å².